The molecule has 2 rings (SSSR count). The van der Waals surface area contributed by atoms with Gasteiger partial charge in [-0.05, 0) is 62.4 Å². The molecule has 0 spiro atoms. The second-order valence-corrected chi connectivity index (χ2v) is 6.65. The van der Waals surface area contributed by atoms with Crippen LogP contribution < -0.4 is 22.3 Å². The molecule has 0 bridgehead atoms. The molecule has 7 N–H and O–H groups in total. The number of terminal acetylenes is 1. The summed E-state index contributed by atoms with van der Waals surface area (Å²) in [6, 6.07) is 12.7. The minimum atomic E-state index is -1.10. The Labute approximate surface area is 197 Å². The highest BCUT2D eigenvalue weighted by Gasteiger charge is 2.33. The summed E-state index contributed by atoms with van der Waals surface area (Å²) in [5.74, 6) is 4.73. The van der Waals surface area contributed by atoms with E-state index >= 15 is 0 Å². The molecule has 1 unspecified atom stereocenters. The molecule has 0 fully saturated rings. The van der Waals surface area contributed by atoms with Gasteiger partial charge >= 0.3 is 0 Å². The van der Waals surface area contributed by atoms with E-state index in [2.05, 4.69) is 43.2 Å². The van der Waals surface area contributed by atoms with Crippen molar-refractivity contribution in [3.05, 3.63) is 78.4 Å². The number of nitrogens with two attached hydrogens (primary N) is 2. The van der Waals surface area contributed by atoms with Crippen molar-refractivity contribution in [2.24, 2.45) is 5.73 Å². The van der Waals surface area contributed by atoms with Crippen molar-refractivity contribution in [3.63, 3.8) is 0 Å². The van der Waals surface area contributed by atoms with Crippen LogP contribution in [-0.4, -0.2) is 28.6 Å². The van der Waals surface area contributed by atoms with Crippen LogP contribution in [0.2, 0.25) is 0 Å². The van der Waals surface area contributed by atoms with E-state index in [-0.39, 0.29) is 0 Å². The Bertz CT molecular complexity index is 932. The van der Waals surface area contributed by atoms with Crippen molar-refractivity contribution in [1.82, 2.24) is 10.8 Å². The van der Waals surface area contributed by atoms with Gasteiger partial charge in [0.1, 0.15) is 6.04 Å². The number of hydroxylamine groups is 1. The first-order chi connectivity index (χ1) is 15.7. The molecule has 0 aliphatic carbocycles. The van der Waals surface area contributed by atoms with Crippen molar-refractivity contribution in [2.45, 2.75) is 39.3 Å². The molecule has 2 aromatic carbocycles. The number of rotatable bonds is 4. The molecule has 176 valence electrons. The summed E-state index contributed by atoms with van der Waals surface area (Å²) in [7, 11) is 0. The quantitative estimate of drug-likeness (QED) is 0.161. The lowest BCUT2D eigenvalue weighted by atomic mass is 9.95. The predicted molar refractivity (Wildman–Crippen MR) is 135 cm³/mol. The molecule has 0 radical (unpaired) electrons. The fraction of sp³-hybridized carbons (Fsp3) is 0.231. The SMILES string of the molecule is C#C.C=C.CC.CC(C)(N)C(NC(=O)c1ccc(C#Cc2ccc(N)cc2)cc1)C(=O)NO. The first kappa shape index (κ1) is 31.1. The molecule has 2 aromatic rings. The third-order valence-corrected chi connectivity index (χ3v) is 3.80. The van der Waals surface area contributed by atoms with Crippen LogP contribution in [0.4, 0.5) is 5.69 Å². The van der Waals surface area contributed by atoms with Crippen molar-refractivity contribution >= 4 is 17.5 Å². The van der Waals surface area contributed by atoms with E-state index in [1.54, 1.807) is 50.2 Å². The summed E-state index contributed by atoms with van der Waals surface area (Å²) in [5.41, 5.74) is 14.6. The summed E-state index contributed by atoms with van der Waals surface area (Å²) in [4.78, 5) is 24.1. The Morgan fingerprint density at radius 3 is 1.73 bits per heavy atom. The average molecular weight is 451 g/mol. The maximum atomic E-state index is 12.4. The van der Waals surface area contributed by atoms with Crippen molar-refractivity contribution in [2.75, 3.05) is 5.73 Å². The van der Waals surface area contributed by atoms with Gasteiger partial charge in [-0.1, -0.05) is 25.7 Å². The molecule has 0 saturated heterocycles. The van der Waals surface area contributed by atoms with E-state index < -0.39 is 23.4 Å². The minimum absolute atomic E-state index is 0.341. The predicted octanol–water partition coefficient (Wildman–Crippen LogP) is 3.09. The summed E-state index contributed by atoms with van der Waals surface area (Å²) in [5, 5.41) is 11.4. The second kappa shape index (κ2) is 16.6. The van der Waals surface area contributed by atoms with E-state index in [1.165, 1.54) is 5.48 Å². The van der Waals surface area contributed by atoms with Gasteiger partial charge in [-0.2, -0.15) is 0 Å². The number of anilines is 1. The number of carbonyl (C=O) groups is 2. The Kier molecular flexibility index (Phi) is 15.7. The zero-order valence-corrected chi connectivity index (χ0v) is 19.7. The van der Waals surface area contributed by atoms with Crippen molar-refractivity contribution in [3.8, 4) is 24.7 Å². The van der Waals surface area contributed by atoms with Gasteiger partial charge in [0.05, 0.1) is 0 Å². The smallest absolute Gasteiger partial charge is 0.267 e. The van der Waals surface area contributed by atoms with Gasteiger partial charge in [-0.15, -0.1) is 26.0 Å². The lowest BCUT2D eigenvalue weighted by Gasteiger charge is -2.29. The van der Waals surface area contributed by atoms with E-state index in [0.29, 0.717) is 11.3 Å². The van der Waals surface area contributed by atoms with Crippen molar-refractivity contribution in [1.29, 1.82) is 0 Å². The lowest BCUT2D eigenvalue weighted by Crippen LogP contribution is -2.61. The monoisotopic (exact) mass is 450 g/mol. The molecule has 0 aliphatic rings. The number of benzene rings is 2. The summed E-state index contributed by atoms with van der Waals surface area (Å²) in [6.45, 7) is 13.1. The number of nitrogens with one attached hydrogen (secondary N) is 2. The molecule has 0 saturated carbocycles. The molecule has 0 aliphatic heterocycles. The molecule has 2 amide bonds. The Hall–Kier alpha value is -4.04. The molecular formula is C26H34N4O3. The van der Waals surface area contributed by atoms with Crippen LogP contribution in [0.3, 0.4) is 0 Å². The molecule has 1 atom stereocenters. The topological polar surface area (TPSA) is 130 Å². The fourth-order valence-corrected chi connectivity index (χ4v) is 2.28. The van der Waals surface area contributed by atoms with E-state index in [4.69, 9.17) is 16.7 Å². The molecule has 7 heteroatoms. The third-order valence-electron chi connectivity index (χ3n) is 3.80. The highest BCUT2D eigenvalue weighted by Crippen LogP contribution is 2.09. The third kappa shape index (κ3) is 11.2. The zero-order valence-electron chi connectivity index (χ0n) is 19.7. The highest BCUT2D eigenvalue weighted by atomic mass is 16.5. The van der Waals surface area contributed by atoms with Gasteiger partial charge in [0.25, 0.3) is 11.8 Å². The molecule has 33 heavy (non-hydrogen) atoms. The van der Waals surface area contributed by atoms with Gasteiger partial charge in [-0.3, -0.25) is 14.8 Å². The van der Waals surface area contributed by atoms with Gasteiger partial charge in [-0.25, -0.2) is 5.48 Å². The van der Waals surface area contributed by atoms with E-state index in [9.17, 15) is 9.59 Å². The van der Waals surface area contributed by atoms with Crippen LogP contribution in [0.15, 0.2) is 61.7 Å². The molecule has 7 nitrogen and oxygen atoms in total. The second-order valence-electron chi connectivity index (χ2n) is 6.65. The minimum Gasteiger partial charge on any atom is -0.399 e. The summed E-state index contributed by atoms with van der Waals surface area (Å²) >= 11 is 0. The Morgan fingerprint density at radius 2 is 1.36 bits per heavy atom. The van der Waals surface area contributed by atoms with Crippen LogP contribution >= 0.6 is 0 Å². The lowest BCUT2D eigenvalue weighted by molar-refractivity contribution is -0.132. The Morgan fingerprint density at radius 1 is 0.970 bits per heavy atom. The maximum absolute atomic E-state index is 12.4. The first-order valence-electron chi connectivity index (χ1n) is 10.1. The van der Waals surface area contributed by atoms with Crippen LogP contribution in [0.1, 0.15) is 49.2 Å². The number of hydrogen-bond donors (Lipinski definition) is 5. The zero-order chi connectivity index (χ0) is 26.0. The number of nitrogen functional groups attached to an aromatic ring is 1. The normalized spacial score (nSPS) is 9.94. The van der Waals surface area contributed by atoms with Crippen LogP contribution in [-0.2, 0) is 4.79 Å². The molecular weight excluding hydrogens is 416 g/mol. The average Bonchev–Trinajstić information content (AvgIpc) is 2.85. The van der Waals surface area contributed by atoms with Gasteiger partial charge in [0.2, 0.25) is 0 Å². The maximum Gasteiger partial charge on any atom is 0.267 e. The largest absolute Gasteiger partial charge is 0.399 e. The highest BCUT2D eigenvalue weighted by molar-refractivity contribution is 5.97. The number of carbonyl (C=O) groups excluding carboxylic acids is 2. The van der Waals surface area contributed by atoms with Crippen LogP contribution in [0, 0.1) is 24.7 Å². The van der Waals surface area contributed by atoms with Gasteiger partial charge < -0.3 is 16.8 Å². The number of amides is 2. The first-order valence-corrected chi connectivity index (χ1v) is 10.1. The van der Waals surface area contributed by atoms with E-state index in [0.717, 1.165) is 11.1 Å². The molecule has 0 heterocycles. The Balaban J connectivity index is 0. The van der Waals surface area contributed by atoms with Crippen LogP contribution in [0.5, 0.6) is 0 Å². The summed E-state index contributed by atoms with van der Waals surface area (Å²) in [6.07, 6.45) is 8.00. The summed E-state index contributed by atoms with van der Waals surface area (Å²) < 4.78 is 0. The fourth-order valence-electron chi connectivity index (χ4n) is 2.28. The van der Waals surface area contributed by atoms with Crippen molar-refractivity contribution < 1.29 is 14.8 Å². The standard InChI is InChI=1S/C20H22N4O3.C2H6.C2H4.C2H2/c1-20(2,22)17(19(26)24-27)23-18(25)15-9-5-13(6-10-15)3-4-14-7-11-16(21)12-8-14;3*1-2/h5-12,17,27H,21-22H2,1-2H3,(H,23,25)(H,24,26);1-2H3;1-2H2;1-2H. The molecule has 0 aromatic heterocycles. The van der Waals surface area contributed by atoms with Crippen LogP contribution in [0.25, 0.3) is 0 Å². The van der Waals surface area contributed by atoms with Gasteiger partial charge in [0.15, 0.2) is 0 Å². The van der Waals surface area contributed by atoms with E-state index in [1.807, 2.05) is 26.0 Å². The van der Waals surface area contributed by atoms with Gasteiger partial charge in [0, 0.05) is 27.9 Å². The number of hydrogen-bond acceptors (Lipinski definition) is 5.